The minimum absolute atomic E-state index is 0.705. The number of hydrogen-bond donors (Lipinski definition) is 1. The van der Waals surface area contributed by atoms with Gasteiger partial charge in [0.15, 0.2) is 0 Å². The molecule has 0 atom stereocenters. The lowest BCUT2D eigenvalue weighted by Gasteiger charge is -2.17. The lowest BCUT2D eigenvalue weighted by molar-refractivity contribution is 0.777. The van der Waals surface area contributed by atoms with Gasteiger partial charge in [-0.2, -0.15) is 0 Å². The maximum absolute atomic E-state index is 5.62. The molecule has 0 saturated heterocycles. The van der Waals surface area contributed by atoms with E-state index in [1.807, 2.05) is 18.2 Å². The molecule has 0 aliphatic heterocycles. The Balaban J connectivity index is 1.81. The molecule has 1 aromatic heterocycles. The first-order valence-corrected chi connectivity index (χ1v) is 6.22. The lowest BCUT2D eigenvalue weighted by Crippen LogP contribution is -2.20. The number of aromatic nitrogens is 1. The maximum Gasteiger partial charge on any atom is 0.128 e. The van der Waals surface area contributed by atoms with Crippen molar-refractivity contribution < 1.29 is 0 Å². The first-order valence-electron chi connectivity index (χ1n) is 6.22. The van der Waals surface area contributed by atoms with Crippen molar-refractivity contribution in [3.63, 3.8) is 0 Å². The van der Waals surface area contributed by atoms with Crippen LogP contribution >= 0.6 is 0 Å². The van der Waals surface area contributed by atoms with Gasteiger partial charge in [0.2, 0.25) is 0 Å². The SMILES string of the molecule is CN(CCCc1ccccc1)c1ccc(N)cn1. The number of nitrogen functional groups attached to an aromatic ring is 1. The van der Waals surface area contributed by atoms with Crippen LogP contribution in [0.4, 0.5) is 11.5 Å². The minimum Gasteiger partial charge on any atom is -0.397 e. The molecule has 94 valence electrons. The third kappa shape index (κ3) is 3.48. The molecule has 3 nitrogen and oxygen atoms in total. The van der Waals surface area contributed by atoms with Gasteiger partial charge in [-0.3, -0.25) is 0 Å². The molecule has 1 aromatic carbocycles. The van der Waals surface area contributed by atoms with E-state index in [2.05, 4.69) is 41.2 Å². The van der Waals surface area contributed by atoms with Crippen molar-refractivity contribution in [1.29, 1.82) is 0 Å². The summed E-state index contributed by atoms with van der Waals surface area (Å²) >= 11 is 0. The normalized spacial score (nSPS) is 10.3. The molecule has 0 saturated carbocycles. The maximum atomic E-state index is 5.62. The minimum atomic E-state index is 0.705. The average Bonchev–Trinajstić information content (AvgIpc) is 2.40. The molecular weight excluding hydrogens is 222 g/mol. The van der Waals surface area contributed by atoms with Gasteiger partial charge in [-0.05, 0) is 30.5 Å². The first kappa shape index (κ1) is 12.4. The van der Waals surface area contributed by atoms with E-state index >= 15 is 0 Å². The summed E-state index contributed by atoms with van der Waals surface area (Å²) < 4.78 is 0. The molecule has 0 amide bonds. The summed E-state index contributed by atoms with van der Waals surface area (Å²) in [5.74, 6) is 0.970. The molecule has 0 bridgehead atoms. The highest BCUT2D eigenvalue weighted by Gasteiger charge is 2.01. The van der Waals surface area contributed by atoms with E-state index in [9.17, 15) is 0 Å². The predicted molar refractivity (Wildman–Crippen MR) is 76.7 cm³/mol. The van der Waals surface area contributed by atoms with E-state index in [4.69, 9.17) is 5.73 Å². The van der Waals surface area contributed by atoms with E-state index in [1.165, 1.54) is 5.56 Å². The molecule has 1 heterocycles. The Labute approximate surface area is 108 Å². The van der Waals surface area contributed by atoms with Crippen LogP contribution in [0, 0.1) is 0 Å². The van der Waals surface area contributed by atoms with Gasteiger partial charge in [-0.1, -0.05) is 30.3 Å². The molecule has 2 aromatic rings. The van der Waals surface area contributed by atoms with E-state index in [1.54, 1.807) is 6.20 Å². The van der Waals surface area contributed by atoms with Crippen LogP contribution in [-0.2, 0) is 6.42 Å². The van der Waals surface area contributed by atoms with Crippen LogP contribution in [0.3, 0.4) is 0 Å². The third-order valence-electron chi connectivity index (χ3n) is 2.96. The molecule has 2 rings (SSSR count). The Morgan fingerprint density at radius 2 is 1.89 bits per heavy atom. The van der Waals surface area contributed by atoms with Crippen molar-refractivity contribution in [1.82, 2.24) is 4.98 Å². The monoisotopic (exact) mass is 241 g/mol. The molecule has 2 N–H and O–H groups in total. The van der Waals surface area contributed by atoms with Crippen molar-refractivity contribution in [2.24, 2.45) is 0 Å². The number of hydrogen-bond acceptors (Lipinski definition) is 3. The number of pyridine rings is 1. The van der Waals surface area contributed by atoms with Crippen LogP contribution in [0.15, 0.2) is 48.7 Å². The van der Waals surface area contributed by atoms with Crippen molar-refractivity contribution in [2.45, 2.75) is 12.8 Å². The Kier molecular flexibility index (Phi) is 4.18. The topological polar surface area (TPSA) is 42.1 Å². The van der Waals surface area contributed by atoms with Crippen LogP contribution in [0.1, 0.15) is 12.0 Å². The van der Waals surface area contributed by atoms with E-state index in [-0.39, 0.29) is 0 Å². The van der Waals surface area contributed by atoms with E-state index in [0.717, 1.165) is 25.2 Å². The Morgan fingerprint density at radius 3 is 2.56 bits per heavy atom. The Morgan fingerprint density at radius 1 is 1.11 bits per heavy atom. The van der Waals surface area contributed by atoms with Gasteiger partial charge >= 0.3 is 0 Å². The second kappa shape index (κ2) is 6.05. The van der Waals surface area contributed by atoms with Crippen molar-refractivity contribution in [3.8, 4) is 0 Å². The van der Waals surface area contributed by atoms with Crippen LogP contribution in [0.25, 0.3) is 0 Å². The second-order valence-electron chi connectivity index (χ2n) is 4.46. The number of aryl methyl sites for hydroxylation is 1. The molecule has 0 aliphatic rings. The molecule has 0 unspecified atom stereocenters. The van der Waals surface area contributed by atoms with Crippen molar-refractivity contribution in [2.75, 3.05) is 24.2 Å². The zero-order valence-corrected chi connectivity index (χ0v) is 10.7. The number of nitrogens with zero attached hydrogens (tertiary/aromatic N) is 2. The molecule has 0 aliphatic carbocycles. The third-order valence-corrected chi connectivity index (χ3v) is 2.96. The number of benzene rings is 1. The molecular formula is C15H19N3. The van der Waals surface area contributed by atoms with Gasteiger partial charge in [-0.25, -0.2) is 4.98 Å². The van der Waals surface area contributed by atoms with Gasteiger partial charge in [0.25, 0.3) is 0 Å². The lowest BCUT2D eigenvalue weighted by atomic mass is 10.1. The standard InChI is InChI=1S/C15H19N3/c1-18(15-10-9-14(16)12-17-15)11-5-8-13-6-3-2-4-7-13/h2-4,6-7,9-10,12H,5,8,11,16H2,1H3. The summed E-state index contributed by atoms with van der Waals surface area (Å²) in [7, 11) is 2.06. The number of nitrogens with two attached hydrogens (primary N) is 1. The van der Waals surface area contributed by atoms with Crippen LogP contribution in [0.5, 0.6) is 0 Å². The zero-order chi connectivity index (χ0) is 12.8. The van der Waals surface area contributed by atoms with Crippen molar-refractivity contribution >= 4 is 11.5 Å². The Hall–Kier alpha value is -2.03. The molecule has 18 heavy (non-hydrogen) atoms. The fraction of sp³-hybridized carbons (Fsp3) is 0.267. The summed E-state index contributed by atoms with van der Waals surface area (Å²) in [4.78, 5) is 6.46. The molecule has 3 heteroatoms. The van der Waals surface area contributed by atoms with Gasteiger partial charge in [0, 0.05) is 13.6 Å². The zero-order valence-electron chi connectivity index (χ0n) is 10.7. The highest BCUT2D eigenvalue weighted by Crippen LogP contribution is 2.11. The molecule has 0 spiro atoms. The Bertz CT molecular complexity index is 465. The van der Waals surface area contributed by atoms with Gasteiger partial charge < -0.3 is 10.6 Å². The second-order valence-corrected chi connectivity index (χ2v) is 4.46. The average molecular weight is 241 g/mol. The summed E-state index contributed by atoms with van der Waals surface area (Å²) in [6, 6.07) is 14.4. The first-order chi connectivity index (χ1) is 8.75. The highest BCUT2D eigenvalue weighted by molar-refractivity contribution is 5.45. The fourth-order valence-electron chi connectivity index (χ4n) is 1.90. The predicted octanol–water partition coefficient (Wildman–Crippen LogP) is 2.73. The highest BCUT2D eigenvalue weighted by atomic mass is 15.2. The quantitative estimate of drug-likeness (QED) is 0.875. The van der Waals surface area contributed by atoms with E-state index < -0.39 is 0 Å². The summed E-state index contributed by atoms with van der Waals surface area (Å²) in [5.41, 5.74) is 7.71. The molecule has 0 fully saturated rings. The van der Waals surface area contributed by atoms with Crippen LogP contribution in [0.2, 0.25) is 0 Å². The van der Waals surface area contributed by atoms with Gasteiger partial charge in [-0.15, -0.1) is 0 Å². The summed E-state index contributed by atoms with van der Waals surface area (Å²) in [5, 5.41) is 0. The van der Waals surface area contributed by atoms with Gasteiger partial charge in [0.05, 0.1) is 11.9 Å². The number of rotatable bonds is 5. The van der Waals surface area contributed by atoms with Crippen LogP contribution < -0.4 is 10.6 Å². The van der Waals surface area contributed by atoms with Crippen molar-refractivity contribution in [3.05, 3.63) is 54.2 Å². The van der Waals surface area contributed by atoms with Gasteiger partial charge in [0.1, 0.15) is 5.82 Å². The summed E-state index contributed by atoms with van der Waals surface area (Å²) in [6.07, 6.45) is 3.91. The smallest absolute Gasteiger partial charge is 0.128 e. The largest absolute Gasteiger partial charge is 0.397 e. The molecule has 0 radical (unpaired) electrons. The van der Waals surface area contributed by atoms with E-state index in [0.29, 0.717) is 5.69 Å². The summed E-state index contributed by atoms with van der Waals surface area (Å²) in [6.45, 7) is 0.992. The fourth-order valence-corrected chi connectivity index (χ4v) is 1.90. The number of anilines is 2. The van der Waals surface area contributed by atoms with Crippen LogP contribution in [-0.4, -0.2) is 18.6 Å².